The number of rotatable bonds is 3. The Balaban J connectivity index is 1.88. The molecule has 4 nitrogen and oxygen atoms in total. The fourth-order valence-electron chi connectivity index (χ4n) is 2.97. The van der Waals surface area contributed by atoms with Crippen molar-refractivity contribution in [3.63, 3.8) is 0 Å². The molecule has 1 heterocycles. The fourth-order valence-corrected chi connectivity index (χ4v) is 2.97. The molecule has 1 amide bonds. The molecule has 0 bridgehead atoms. The summed E-state index contributed by atoms with van der Waals surface area (Å²) in [4.78, 5) is 15.8. The molecule has 1 saturated heterocycles. The molecule has 2 aromatic carbocycles. The number of carbonyl (C=O) groups excluding carboxylic acids is 1. The normalized spacial score (nSPS) is 19.2. The third-order valence-electron chi connectivity index (χ3n) is 4.14. The topological polar surface area (TPSA) is 53.5 Å². The molecule has 7 heteroatoms. The first-order chi connectivity index (χ1) is 12.3. The predicted octanol–water partition coefficient (Wildman–Crippen LogP) is 3.59. The Hall–Kier alpha value is -2.83. The van der Waals surface area contributed by atoms with E-state index in [0.29, 0.717) is 11.5 Å². The summed E-state index contributed by atoms with van der Waals surface area (Å²) in [5, 5.41) is 5.77. The Kier molecular flexibility index (Phi) is 4.97. The van der Waals surface area contributed by atoms with Gasteiger partial charge in [-0.3, -0.25) is 15.1 Å². The third kappa shape index (κ3) is 4.41. The van der Waals surface area contributed by atoms with Crippen molar-refractivity contribution in [2.45, 2.75) is 25.1 Å². The summed E-state index contributed by atoms with van der Waals surface area (Å²) < 4.78 is 37.9. The third-order valence-corrected chi connectivity index (χ3v) is 4.14. The number of amides is 1. The molecule has 0 radical (unpaired) electrons. The molecular weight excluding hydrogens is 343 g/mol. The van der Waals surface area contributed by atoms with Crippen molar-refractivity contribution in [1.29, 1.82) is 0 Å². The van der Waals surface area contributed by atoms with Crippen molar-refractivity contribution in [3.05, 3.63) is 59.7 Å². The van der Waals surface area contributed by atoms with Crippen LogP contribution >= 0.6 is 0 Å². The zero-order chi connectivity index (χ0) is 18.7. The Morgan fingerprint density at radius 2 is 1.81 bits per heavy atom. The van der Waals surface area contributed by atoms with Crippen molar-refractivity contribution in [1.82, 2.24) is 10.6 Å². The fraction of sp³-hybridized carbons (Fsp3) is 0.263. The van der Waals surface area contributed by atoms with Crippen LogP contribution in [-0.4, -0.2) is 25.1 Å². The van der Waals surface area contributed by atoms with Gasteiger partial charge in [-0.2, -0.15) is 13.2 Å². The first kappa shape index (κ1) is 18.0. The van der Waals surface area contributed by atoms with Crippen molar-refractivity contribution in [3.8, 4) is 11.1 Å². The Bertz CT molecular complexity index is 846. The highest BCUT2D eigenvalue weighted by Gasteiger charge is 2.27. The van der Waals surface area contributed by atoms with Crippen molar-refractivity contribution in [2.75, 3.05) is 7.05 Å². The van der Waals surface area contributed by atoms with Crippen LogP contribution in [0.15, 0.2) is 53.5 Å². The molecule has 1 aliphatic heterocycles. The number of guanidine groups is 1. The minimum Gasteiger partial charge on any atom is -0.349 e. The number of halogens is 3. The molecule has 136 valence electrons. The summed E-state index contributed by atoms with van der Waals surface area (Å²) in [6.07, 6.45) is -4.94. The number of alkyl halides is 3. The monoisotopic (exact) mass is 361 g/mol. The molecule has 0 spiro atoms. The molecule has 3 rings (SSSR count). The minimum atomic E-state index is -4.24. The number of benzene rings is 2. The number of aliphatic imine (C=N–C) groups is 1. The van der Waals surface area contributed by atoms with Gasteiger partial charge >= 0.3 is 6.18 Å². The van der Waals surface area contributed by atoms with E-state index in [1.807, 2.05) is 24.3 Å². The maximum atomic E-state index is 12.6. The van der Waals surface area contributed by atoms with Crippen LogP contribution in [0.1, 0.15) is 23.6 Å². The van der Waals surface area contributed by atoms with Crippen LogP contribution in [0, 0.1) is 0 Å². The van der Waals surface area contributed by atoms with Gasteiger partial charge in [-0.25, -0.2) is 0 Å². The lowest BCUT2D eigenvalue weighted by Gasteiger charge is -2.26. The maximum absolute atomic E-state index is 12.6. The second-order valence-electron chi connectivity index (χ2n) is 6.14. The molecule has 2 N–H and O–H groups in total. The van der Waals surface area contributed by atoms with E-state index < -0.39 is 12.6 Å². The molecule has 1 fully saturated rings. The summed E-state index contributed by atoms with van der Waals surface area (Å²) >= 11 is 0. The highest BCUT2D eigenvalue weighted by molar-refractivity contribution is 5.99. The van der Waals surface area contributed by atoms with E-state index in [-0.39, 0.29) is 23.9 Å². The predicted molar refractivity (Wildman–Crippen MR) is 93.6 cm³/mol. The first-order valence-electron chi connectivity index (χ1n) is 8.13. The highest BCUT2D eigenvalue weighted by atomic mass is 19.4. The summed E-state index contributed by atoms with van der Waals surface area (Å²) in [6.45, 7) is 0. The second kappa shape index (κ2) is 7.19. The van der Waals surface area contributed by atoms with Gasteiger partial charge in [0.2, 0.25) is 5.91 Å². The summed E-state index contributed by atoms with van der Waals surface area (Å²) in [7, 11) is 1.58. The van der Waals surface area contributed by atoms with Gasteiger partial charge in [0.25, 0.3) is 0 Å². The Labute approximate surface area is 149 Å². The molecule has 2 aromatic rings. The number of carbonyl (C=O) groups is 1. The molecule has 0 aromatic heterocycles. The lowest BCUT2D eigenvalue weighted by atomic mass is 9.96. The van der Waals surface area contributed by atoms with Gasteiger partial charge in [0.1, 0.15) is 0 Å². The van der Waals surface area contributed by atoms with E-state index in [1.165, 1.54) is 6.07 Å². The van der Waals surface area contributed by atoms with Crippen LogP contribution in [0.25, 0.3) is 11.1 Å². The van der Waals surface area contributed by atoms with E-state index in [4.69, 9.17) is 0 Å². The van der Waals surface area contributed by atoms with E-state index in [9.17, 15) is 18.0 Å². The number of hydrogen-bond donors (Lipinski definition) is 2. The van der Waals surface area contributed by atoms with Crippen LogP contribution in [0.2, 0.25) is 0 Å². The smallest absolute Gasteiger partial charge is 0.349 e. The minimum absolute atomic E-state index is 0.132. The van der Waals surface area contributed by atoms with Gasteiger partial charge in [0.15, 0.2) is 5.96 Å². The average Bonchev–Trinajstić information content (AvgIpc) is 2.60. The molecule has 1 atom stereocenters. The second-order valence-corrected chi connectivity index (χ2v) is 6.14. The lowest BCUT2D eigenvalue weighted by Crippen LogP contribution is -2.49. The Morgan fingerprint density at radius 1 is 1.12 bits per heavy atom. The largest absolute Gasteiger partial charge is 0.393 e. The zero-order valence-corrected chi connectivity index (χ0v) is 14.1. The molecule has 26 heavy (non-hydrogen) atoms. The van der Waals surface area contributed by atoms with Gasteiger partial charge in [0, 0.05) is 7.05 Å². The van der Waals surface area contributed by atoms with E-state index >= 15 is 0 Å². The van der Waals surface area contributed by atoms with Crippen LogP contribution in [-0.2, 0) is 11.2 Å². The van der Waals surface area contributed by atoms with E-state index in [2.05, 4.69) is 15.6 Å². The number of nitrogens with one attached hydrogen (secondary N) is 2. The maximum Gasteiger partial charge on any atom is 0.393 e. The van der Waals surface area contributed by atoms with Crippen LogP contribution in [0.4, 0.5) is 13.2 Å². The van der Waals surface area contributed by atoms with Crippen molar-refractivity contribution in [2.24, 2.45) is 4.99 Å². The van der Waals surface area contributed by atoms with Crippen LogP contribution < -0.4 is 10.6 Å². The quantitative estimate of drug-likeness (QED) is 0.878. The molecular formula is C19H18F3N3O. The zero-order valence-electron chi connectivity index (χ0n) is 14.1. The highest BCUT2D eigenvalue weighted by Crippen LogP contribution is 2.28. The molecule has 0 saturated carbocycles. The standard InChI is InChI=1S/C19H18F3N3O/c1-23-18-24-16(10-17(26)25-18)15-7-3-6-14(9-15)13-5-2-4-12(8-13)11-19(20,21)22/h2-9,16H,10-11H2,1H3,(H2,23,24,25,26)/t16-/m0/s1. The van der Waals surface area contributed by atoms with Gasteiger partial charge in [-0.05, 0) is 28.3 Å². The number of hydrogen-bond acceptors (Lipinski definition) is 2. The van der Waals surface area contributed by atoms with Crippen molar-refractivity contribution >= 4 is 11.9 Å². The SMILES string of the molecule is CN=C1NC(=O)C[C@@H](c2cccc(-c3cccc(CC(F)(F)F)c3)c2)N1. The van der Waals surface area contributed by atoms with Crippen LogP contribution in [0.3, 0.4) is 0 Å². The van der Waals surface area contributed by atoms with Gasteiger partial charge in [-0.1, -0.05) is 42.5 Å². The van der Waals surface area contributed by atoms with E-state index in [1.54, 1.807) is 25.2 Å². The molecule has 0 unspecified atom stereocenters. The number of nitrogens with zero attached hydrogens (tertiary/aromatic N) is 1. The molecule has 0 aliphatic carbocycles. The molecule has 1 aliphatic rings. The summed E-state index contributed by atoms with van der Waals surface area (Å²) in [5.74, 6) is 0.274. The first-order valence-corrected chi connectivity index (χ1v) is 8.13. The van der Waals surface area contributed by atoms with Gasteiger partial charge in [0.05, 0.1) is 18.9 Å². The average molecular weight is 361 g/mol. The van der Waals surface area contributed by atoms with Gasteiger partial charge < -0.3 is 5.32 Å². The van der Waals surface area contributed by atoms with Gasteiger partial charge in [-0.15, -0.1) is 0 Å². The summed E-state index contributed by atoms with van der Waals surface area (Å²) in [5.41, 5.74) is 2.60. The van der Waals surface area contributed by atoms with Crippen LogP contribution in [0.5, 0.6) is 0 Å². The lowest BCUT2D eigenvalue weighted by molar-refractivity contribution is -0.127. The van der Waals surface area contributed by atoms with Crippen molar-refractivity contribution < 1.29 is 18.0 Å². The van der Waals surface area contributed by atoms with E-state index in [0.717, 1.165) is 11.1 Å². The Morgan fingerprint density at radius 3 is 2.50 bits per heavy atom. The summed E-state index contributed by atoms with van der Waals surface area (Å²) in [6, 6.07) is 13.6.